The van der Waals surface area contributed by atoms with Crippen LogP contribution >= 0.6 is 0 Å². The number of hydrogen-bond acceptors (Lipinski definition) is 4. The van der Waals surface area contributed by atoms with Crippen LogP contribution in [0.2, 0.25) is 0 Å². The van der Waals surface area contributed by atoms with Crippen LogP contribution in [0.4, 0.5) is 11.4 Å². The second-order valence-corrected chi connectivity index (χ2v) is 7.58. The predicted octanol–water partition coefficient (Wildman–Crippen LogP) is 4.30. The number of hydrogen-bond donors (Lipinski definition) is 1. The summed E-state index contributed by atoms with van der Waals surface area (Å²) in [5.41, 5.74) is 3.85. The fourth-order valence-electron chi connectivity index (χ4n) is 3.91. The quantitative estimate of drug-likeness (QED) is 0.694. The number of carbonyl (C=O) groups excluding carboxylic acids is 2. The lowest BCUT2D eigenvalue weighted by molar-refractivity contribution is 0.0988. The molecule has 0 atom stereocenters. The molecule has 0 bridgehead atoms. The summed E-state index contributed by atoms with van der Waals surface area (Å²) in [5, 5.41) is 2.87. The Balaban J connectivity index is 1.28. The molecule has 6 heteroatoms. The van der Waals surface area contributed by atoms with Gasteiger partial charge in [-0.15, -0.1) is 0 Å². The van der Waals surface area contributed by atoms with Gasteiger partial charge >= 0.3 is 0 Å². The molecule has 2 aliphatic heterocycles. The van der Waals surface area contributed by atoms with Crippen LogP contribution in [0.15, 0.2) is 66.7 Å². The third-order valence-corrected chi connectivity index (χ3v) is 5.53. The van der Waals surface area contributed by atoms with E-state index in [2.05, 4.69) is 11.4 Å². The largest absolute Gasteiger partial charge is 0.490 e. The molecule has 5 rings (SSSR count). The van der Waals surface area contributed by atoms with Gasteiger partial charge in [0.2, 0.25) is 0 Å². The highest BCUT2D eigenvalue weighted by molar-refractivity contribution is 6.08. The summed E-state index contributed by atoms with van der Waals surface area (Å²) in [4.78, 5) is 27.4. The van der Waals surface area contributed by atoms with E-state index in [0.717, 1.165) is 18.5 Å². The average molecular weight is 414 g/mol. The van der Waals surface area contributed by atoms with Crippen LogP contribution in [0.5, 0.6) is 11.5 Å². The van der Waals surface area contributed by atoms with Crippen LogP contribution < -0.4 is 19.7 Å². The zero-order valence-electron chi connectivity index (χ0n) is 17.0. The predicted molar refractivity (Wildman–Crippen MR) is 118 cm³/mol. The Morgan fingerprint density at radius 3 is 2.42 bits per heavy atom. The van der Waals surface area contributed by atoms with Crippen molar-refractivity contribution in [1.82, 2.24) is 0 Å². The second-order valence-electron chi connectivity index (χ2n) is 7.58. The number of anilines is 2. The standard InChI is InChI=1S/C25H22N2O4/c28-24(19-8-11-22-23(16-19)31-15-3-14-30-22)26-20-9-6-18(7-10-20)25(29)27-13-12-17-4-1-2-5-21(17)27/h1-2,4-11,16H,3,12-15H2,(H,26,28). The molecular formula is C25H22N2O4. The van der Waals surface area contributed by atoms with Crippen molar-refractivity contribution in [3.8, 4) is 11.5 Å². The maximum atomic E-state index is 12.9. The first kappa shape index (κ1) is 19.2. The van der Waals surface area contributed by atoms with E-state index in [0.29, 0.717) is 48.1 Å². The monoisotopic (exact) mass is 414 g/mol. The van der Waals surface area contributed by atoms with Crippen molar-refractivity contribution in [2.75, 3.05) is 30.0 Å². The second kappa shape index (κ2) is 8.14. The molecule has 0 fully saturated rings. The smallest absolute Gasteiger partial charge is 0.258 e. The summed E-state index contributed by atoms with van der Waals surface area (Å²) < 4.78 is 11.3. The number of ether oxygens (including phenoxy) is 2. The van der Waals surface area contributed by atoms with Crippen LogP contribution in [0.25, 0.3) is 0 Å². The van der Waals surface area contributed by atoms with Crippen molar-refractivity contribution in [2.24, 2.45) is 0 Å². The number of fused-ring (bicyclic) bond motifs is 2. The van der Waals surface area contributed by atoms with E-state index in [4.69, 9.17) is 9.47 Å². The third-order valence-electron chi connectivity index (χ3n) is 5.53. The van der Waals surface area contributed by atoms with Gasteiger partial charge in [0.1, 0.15) is 0 Å². The minimum atomic E-state index is -0.247. The van der Waals surface area contributed by atoms with Crippen molar-refractivity contribution in [1.29, 1.82) is 0 Å². The van der Waals surface area contributed by atoms with E-state index in [-0.39, 0.29) is 11.8 Å². The molecule has 2 heterocycles. The number of carbonyl (C=O) groups is 2. The Bertz CT molecular complexity index is 1140. The number of nitrogens with one attached hydrogen (secondary N) is 1. The summed E-state index contributed by atoms with van der Waals surface area (Å²) >= 11 is 0. The van der Waals surface area contributed by atoms with Crippen molar-refractivity contribution in [3.63, 3.8) is 0 Å². The molecule has 31 heavy (non-hydrogen) atoms. The van der Waals surface area contributed by atoms with Gasteiger partial charge in [0, 0.05) is 35.5 Å². The van der Waals surface area contributed by atoms with Crippen molar-refractivity contribution < 1.29 is 19.1 Å². The first-order valence-electron chi connectivity index (χ1n) is 10.4. The molecule has 0 aromatic heterocycles. The molecule has 1 N–H and O–H groups in total. The average Bonchev–Trinajstić information content (AvgIpc) is 3.09. The van der Waals surface area contributed by atoms with Gasteiger partial charge in [-0.25, -0.2) is 0 Å². The Morgan fingerprint density at radius 2 is 1.58 bits per heavy atom. The van der Waals surface area contributed by atoms with Gasteiger partial charge in [-0.05, 0) is 60.5 Å². The van der Waals surface area contributed by atoms with Gasteiger partial charge in [0.05, 0.1) is 13.2 Å². The van der Waals surface area contributed by atoms with Crippen LogP contribution in [0.3, 0.4) is 0 Å². The first-order chi connectivity index (χ1) is 15.2. The number of rotatable bonds is 3. The van der Waals surface area contributed by atoms with Crippen molar-refractivity contribution in [2.45, 2.75) is 12.8 Å². The van der Waals surface area contributed by atoms with E-state index >= 15 is 0 Å². The number of benzene rings is 3. The SMILES string of the molecule is O=C(Nc1ccc(C(=O)N2CCc3ccccc32)cc1)c1ccc2c(c1)OCCCO2. The molecule has 156 valence electrons. The Morgan fingerprint density at radius 1 is 0.839 bits per heavy atom. The van der Waals surface area contributed by atoms with Crippen LogP contribution in [-0.2, 0) is 6.42 Å². The zero-order chi connectivity index (χ0) is 21.2. The molecule has 3 aromatic carbocycles. The highest BCUT2D eigenvalue weighted by atomic mass is 16.5. The third kappa shape index (κ3) is 3.84. The van der Waals surface area contributed by atoms with Crippen LogP contribution in [0, 0.1) is 0 Å². The molecule has 0 saturated carbocycles. The van der Waals surface area contributed by atoms with Crippen LogP contribution in [-0.4, -0.2) is 31.6 Å². The van der Waals surface area contributed by atoms with Gasteiger partial charge in [0.15, 0.2) is 11.5 Å². The highest BCUT2D eigenvalue weighted by Gasteiger charge is 2.25. The lowest BCUT2D eigenvalue weighted by atomic mass is 10.1. The molecule has 3 aromatic rings. The minimum absolute atomic E-state index is 0.0364. The van der Waals surface area contributed by atoms with E-state index in [1.807, 2.05) is 18.2 Å². The molecule has 2 amide bonds. The molecule has 0 aliphatic carbocycles. The van der Waals surface area contributed by atoms with Crippen LogP contribution in [0.1, 0.15) is 32.7 Å². The van der Waals surface area contributed by atoms with E-state index in [9.17, 15) is 9.59 Å². The molecular weight excluding hydrogens is 392 g/mol. The lowest BCUT2D eigenvalue weighted by Crippen LogP contribution is -2.28. The summed E-state index contributed by atoms with van der Waals surface area (Å²) in [6.45, 7) is 1.85. The maximum Gasteiger partial charge on any atom is 0.258 e. The molecule has 0 unspecified atom stereocenters. The number of amides is 2. The molecule has 0 radical (unpaired) electrons. The van der Waals surface area contributed by atoms with Crippen molar-refractivity contribution in [3.05, 3.63) is 83.4 Å². The first-order valence-corrected chi connectivity index (χ1v) is 10.4. The van der Waals surface area contributed by atoms with Gasteiger partial charge in [-0.2, -0.15) is 0 Å². The topological polar surface area (TPSA) is 67.9 Å². The molecule has 6 nitrogen and oxygen atoms in total. The summed E-state index contributed by atoms with van der Waals surface area (Å²) in [7, 11) is 0. The number of para-hydroxylation sites is 1. The maximum absolute atomic E-state index is 12.9. The minimum Gasteiger partial charge on any atom is -0.490 e. The normalized spacial score (nSPS) is 14.5. The van der Waals surface area contributed by atoms with Gasteiger partial charge < -0.3 is 19.7 Å². The molecule has 0 saturated heterocycles. The Hall–Kier alpha value is -3.80. The fraction of sp³-hybridized carbons (Fsp3) is 0.200. The molecule has 0 spiro atoms. The van der Waals surface area contributed by atoms with E-state index in [1.54, 1.807) is 47.4 Å². The van der Waals surface area contributed by atoms with Gasteiger partial charge in [-0.1, -0.05) is 18.2 Å². The zero-order valence-corrected chi connectivity index (χ0v) is 17.0. The Kier molecular flexibility index (Phi) is 5.04. The lowest BCUT2D eigenvalue weighted by Gasteiger charge is -2.17. The van der Waals surface area contributed by atoms with Crippen molar-refractivity contribution >= 4 is 23.2 Å². The summed E-state index contributed by atoms with van der Waals surface area (Å²) in [6, 6.07) is 20.1. The molecule has 2 aliphatic rings. The Labute approximate surface area is 180 Å². The number of nitrogens with zero attached hydrogens (tertiary/aromatic N) is 1. The summed E-state index contributed by atoms with van der Waals surface area (Å²) in [5.74, 6) is 0.950. The fourth-order valence-corrected chi connectivity index (χ4v) is 3.91. The van der Waals surface area contributed by atoms with E-state index in [1.165, 1.54) is 5.56 Å². The summed E-state index contributed by atoms with van der Waals surface area (Å²) in [6.07, 6.45) is 1.68. The van der Waals surface area contributed by atoms with E-state index < -0.39 is 0 Å². The van der Waals surface area contributed by atoms with Gasteiger partial charge in [0.25, 0.3) is 11.8 Å². The highest BCUT2D eigenvalue weighted by Crippen LogP contribution is 2.31. The van der Waals surface area contributed by atoms with Gasteiger partial charge in [-0.3, -0.25) is 9.59 Å².